The van der Waals surface area contributed by atoms with Gasteiger partial charge in [-0.15, -0.1) is 138 Å². The first-order chi connectivity index (χ1) is 60.7. The minimum atomic E-state index is -4.42. The van der Waals surface area contributed by atoms with Gasteiger partial charge in [-0.05, 0) is 173 Å². The van der Waals surface area contributed by atoms with Crippen LogP contribution in [0.3, 0.4) is 0 Å². The zero-order valence-electron chi connectivity index (χ0n) is 73.4. The van der Waals surface area contributed by atoms with Gasteiger partial charge in [0.15, 0.2) is 28.9 Å². The SMILES string of the molecule is CC(=O)C=C(C)O.CC(=O)C=C(C)O.CC(=O)C=C(C)O.CC(=O)C=C(C)O.CC(=O)C=C(C)O.COc1cc[c-]c(-c2ccc3ccccc3n2)c1.Cc1cc(-c2[c-]cccc2)nc2ccccc12.FC(F)(F)c1c[c-]c(-c2ccc3ccccc3n2)cc1.FC(F)(F)c1ccc[c-]c1-c1ccc2ccccc2n1.Fc1c[c-]c(-c2ccc3ccccc3n2)c(F)c1.[Ir].[Ir].[Ir].[Ir].[Ir]. The second kappa shape index (κ2) is 60.0. The Morgan fingerprint density at radius 1 is 0.331 bits per heavy atom. The Labute approximate surface area is 833 Å². The van der Waals surface area contributed by atoms with E-state index in [1.165, 1.54) is 129 Å². The number of nitrogens with zero attached hydrogens (tertiary/aromatic N) is 5. The molecular weight excluding hydrogens is 2610 g/mol. The van der Waals surface area contributed by atoms with Gasteiger partial charge in [-0.1, -0.05) is 157 Å². The second-order valence-electron chi connectivity index (χ2n) is 27.8. The molecule has 0 bridgehead atoms. The summed E-state index contributed by atoms with van der Waals surface area (Å²) in [4.78, 5) is 72.5. The summed E-state index contributed by atoms with van der Waals surface area (Å²) in [6, 6.07) is 92.5. The molecule has 5 N–H and O–H groups in total. The van der Waals surface area contributed by atoms with Crippen molar-refractivity contribution in [2.45, 2.75) is 88.5 Å². The second-order valence-corrected chi connectivity index (χ2v) is 27.8. The zero-order chi connectivity index (χ0) is 94.2. The normalized spacial score (nSPS) is 10.8. The summed E-state index contributed by atoms with van der Waals surface area (Å²) in [5.41, 5.74) is 10.0. The first kappa shape index (κ1) is 119. The number of benzene rings is 10. The summed E-state index contributed by atoms with van der Waals surface area (Å²) in [6.07, 6.45) is -2.92. The smallest absolute Gasteiger partial charge is 0.381 e. The maximum Gasteiger partial charge on any atom is 0.381 e. The summed E-state index contributed by atoms with van der Waals surface area (Å²) in [5, 5.41) is 47.0. The van der Waals surface area contributed by atoms with Gasteiger partial charge in [-0.3, -0.25) is 57.7 Å². The van der Waals surface area contributed by atoms with E-state index in [1.807, 2.05) is 152 Å². The molecule has 0 atom stereocenters. The third kappa shape index (κ3) is 42.9. The van der Waals surface area contributed by atoms with Crippen LogP contribution in [-0.2, 0) is 137 Å². The van der Waals surface area contributed by atoms with Gasteiger partial charge in [0, 0.05) is 154 Å². The summed E-state index contributed by atoms with van der Waals surface area (Å²) in [5.74, 6) is -0.791. The fourth-order valence-electron chi connectivity index (χ4n) is 11.4. The first-order valence-electron chi connectivity index (χ1n) is 38.9. The van der Waals surface area contributed by atoms with Gasteiger partial charge in [0.2, 0.25) is 0 Å². The Hall–Kier alpha value is -12.2. The van der Waals surface area contributed by atoms with Crippen molar-refractivity contribution in [1.29, 1.82) is 0 Å². The number of hydrogen-bond donors (Lipinski definition) is 5. The van der Waals surface area contributed by atoms with Crippen LogP contribution < -0.4 is 4.74 Å². The molecule has 15 aromatic rings. The average Bonchev–Trinajstić information content (AvgIpc) is 0.797. The molecule has 0 aliphatic rings. The van der Waals surface area contributed by atoms with Gasteiger partial charge in [0.1, 0.15) is 0 Å². The Balaban J connectivity index is 0.000000757. The summed E-state index contributed by atoms with van der Waals surface area (Å²) < 4.78 is 108. The first-order valence-corrected chi connectivity index (χ1v) is 38.9. The molecule has 5 aromatic heterocycles. The molecule has 703 valence electrons. The molecule has 29 heteroatoms. The molecule has 0 amide bonds. The van der Waals surface area contributed by atoms with E-state index >= 15 is 0 Å². The number of fused-ring (bicyclic) bond motifs is 5. The number of aliphatic hydroxyl groups excluding tert-OH is 5. The maximum absolute atomic E-state index is 13.6. The van der Waals surface area contributed by atoms with Crippen LogP contribution in [0.1, 0.15) is 85.9 Å². The third-order valence-corrected chi connectivity index (χ3v) is 16.6. The average molecular weight is 2700 g/mol. The van der Waals surface area contributed by atoms with Crippen molar-refractivity contribution in [2.24, 2.45) is 0 Å². The van der Waals surface area contributed by atoms with Crippen LogP contribution in [0.5, 0.6) is 5.75 Å². The van der Waals surface area contributed by atoms with Gasteiger partial charge in [0.25, 0.3) is 0 Å². The molecule has 16 nitrogen and oxygen atoms in total. The van der Waals surface area contributed by atoms with E-state index in [4.69, 9.17) is 30.3 Å². The number of hydrogen-bond acceptors (Lipinski definition) is 16. The van der Waals surface area contributed by atoms with Gasteiger partial charge >= 0.3 is 12.4 Å². The van der Waals surface area contributed by atoms with Crippen molar-refractivity contribution in [3.63, 3.8) is 0 Å². The van der Waals surface area contributed by atoms with Crippen LogP contribution in [-0.4, -0.2) is 86.5 Å². The number of aliphatic hydroxyl groups is 5. The fourth-order valence-corrected chi connectivity index (χ4v) is 11.4. The molecule has 15 rings (SSSR count). The fraction of sp³-hybridized carbons (Fsp3) is 0.135. The van der Waals surface area contributed by atoms with Gasteiger partial charge in [-0.25, -0.2) is 0 Å². The molecule has 0 fully saturated rings. The van der Waals surface area contributed by atoms with E-state index in [0.717, 1.165) is 102 Å². The van der Waals surface area contributed by atoms with Crippen LogP contribution in [0, 0.1) is 48.9 Å². The van der Waals surface area contributed by atoms with Crippen molar-refractivity contribution in [1.82, 2.24) is 24.9 Å². The van der Waals surface area contributed by atoms with Crippen molar-refractivity contribution >= 4 is 83.4 Å². The number of aryl methyl sites for hydroxylation is 1. The van der Waals surface area contributed by atoms with E-state index in [0.29, 0.717) is 22.5 Å². The van der Waals surface area contributed by atoms with Crippen LogP contribution in [0.4, 0.5) is 35.1 Å². The maximum atomic E-state index is 13.6. The number of halogens is 8. The molecular formula is C104H90F8Ir5N5O11-5. The molecule has 0 aliphatic heterocycles. The van der Waals surface area contributed by atoms with E-state index in [-0.39, 0.29) is 175 Å². The number of carbonyl (C=O) groups excluding carboxylic acids is 5. The van der Waals surface area contributed by atoms with E-state index in [1.54, 1.807) is 43.5 Å². The molecule has 0 aliphatic carbocycles. The van der Waals surface area contributed by atoms with Gasteiger partial charge in [0.05, 0.1) is 63.5 Å². The largest absolute Gasteiger partial charge is 0.516 e. The Morgan fingerprint density at radius 3 is 1.06 bits per heavy atom. The predicted molar refractivity (Wildman–Crippen MR) is 487 cm³/mol. The van der Waals surface area contributed by atoms with Crippen molar-refractivity contribution < 1.29 is 190 Å². The van der Waals surface area contributed by atoms with Gasteiger partial charge < -0.3 is 30.3 Å². The van der Waals surface area contributed by atoms with Crippen LogP contribution in [0.15, 0.2) is 326 Å². The number of pyridine rings is 5. The van der Waals surface area contributed by atoms with Crippen molar-refractivity contribution in [3.8, 4) is 62.0 Å². The molecule has 5 heterocycles. The quantitative estimate of drug-likeness (QED) is 0.0349. The van der Waals surface area contributed by atoms with Crippen molar-refractivity contribution in [2.75, 3.05) is 7.11 Å². The van der Waals surface area contributed by atoms with Crippen LogP contribution in [0.2, 0.25) is 0 Å². The number of para-hydroxylation sites is 5. The minimum Gasteiger partial charge on any atom is -0.516 e. The van der Waals surface area contributed by atoms with Gasteiger partial charge in [-0.2, -0.15) is 26.3 Å². The number of ether oxygens (including phenoxy) is 1. The van der Waals surface area contributed by atoms with E-state index in [2.05, 4.69) is 92.5 Å². The van der Waals surface area contributed by atoms with Crippen LogP contribution >= 0.6 is 0 Å². The standard InChI is InChI=1S/2C16H9F3N.C16H12NO.C16H12N.C15H8F2N.5C5H8O2.5Ir/c17-16(18,19)13-7-3-2-6-12(13)15-10-9-11-5-1-4-8-14(11)20-15;17-16(18,19)13-8-5-12(6-9-13)15-10-7-11-3-1-2-4-14(11)20-15;1-18-14-7-4-6-13(11-14)16-10-9-12-5-2-3-8-15(12)17-16;1-12-11-16(13-7-3-2-4-8-13)17-15-10-6-5-9-14(12)15;16-11-6-7-12(13(17)9-11)15-8-5-10-3-1-2-4-14(10)18-15;5*1-4(6)3-5(2)7;;;;;/h2*1-5,7-10H;2-5,7-11H,1H3;2-7,9-11H,1H3;1-6,8-9H;5*3,6H,1-2H3;;;;;/q5*-1;;;;;;;;;;. The Bertz CT molecular complexity index is 6300. The topological polar surface area (TPSA) is 260 Å². The number of ketones is 5. The van der Waals surface area contributed by atoms with E-state index in [9.17, 15) is 59.1 Å². The monoisotopic (exact) mass is 2700 g/mol. The molecule has 0 unspecified atom stereocenters. The minimum absolute atomic E-state index is 0. The number of aromatic nitrogens is 5. The summed E-state index contributed by atoms with van der Waals surface area (Å²) >= 11 is 0. The predicted octanol–water partition coefficient (Wildman–Crippen LogP) is 26.3. The Morgan fingerprint density at radius 2 is 0.692 bits per heavy atom. The summed E-state index contributed by atoms with van der Waals surface area (Å²) in [7, 11) is 1.66. The zero-order valence-corrected chi connectivity index (χ0v) is 85.4. The Kier molecular flexibility index (Phi) is 53.6. The number of carbonyl (C=O) groups is 5. The molecule has 0 spiro atoms. The van der Waals surface area contributed by atoms with E-state index < -0.39 is 35.1 Å². The molecule has 133 heavy (non-hydrogen) atoms. The molecule has 0 saturated carbocycles. The summed E-state index contributed by atoms with van der Waals surface area (Å²) in [6.45, 7) is 16.4. The third-order valence-electron chi connectivity index (χ3n) is 16.6. The molecule has 10 aromatic carbocycles. The number of rotatable bonds is 11. The number of methoxy groups -OCH3 is 1. The van der Waals surface area contributed by atoms with Crippen LogP contribution in [0.25, 0.3) is 111 Å². The van der Waals surface area contributed by atoms with Crippen molar-refractivity contribution in [3.05, 3.63) is 385 Å². The molecule has 0 saturated heterocycles. The molecule has 5 radical (unpaired) electrons. The number of alkyl halides is 6. The number of allylic oxidation sites excluding steroid dienone is 10.